The van der Waals surface area contributed by atoms with E-state index in [1.54, 1.807) is 0 Å². The highest BCUT2D eigenvalue weighted by atomic mass is 19.1. The van der Waals surface area contributed by atoms with Crippen LogP contribution in [0, 0.1) is 5.82 Å². The van der Waals surface area contributed by atoms with Crippen LogP contribution < -0.4 is 10.5 Å². The predicted molar refractivity (Wildman–Crippen MR) is 52.1 cm³/mol. The molecule has 4 heteroatoms. The van der Waals surface area contributed by atoms with Crippen LogP contribution in [0.25, 0.3) is 0 Å². The number of Topliss-reactive ketones (excluding diaryl/α,β-unsaturated/α-hetero) is 1. The Bertz CT molecular complexity index is 466. The first-order valence-electron chi connectivity index (χ1n) is 4.91. The number of carbonyl (C=O) groups excluding carboxylic acids is 1. The molecule has 0 bridgehead atoms. The van der Waals surface area contributed by atoms with Gasteiger partial charge in [-0.3, -0.25) is 4.79 Å². The number of anilines is 1. The molecule has 1 saturated carbocycles. The van der Waals surface area contributed by atoms with Crippen LogP contribution in [-0.4, -0.2) is 11.4 Å². The minimum Gasteiger partial charge on any atom is -0.479 e. The number of ether oxygens (including phenoxy) is 1. The number of carbonyl (C=O) groups is 1. The largest absolute Gasteiger partial charge is 0.479 e. The van der Waals surface area contributed by atoms with Crippen LogP contribution >= 0.6 is 0 Å². The van der Waals surface area contributed by atoms with Gasteiger partial charge in [0.05, 0.1) is 5.69 Å². The van der Waals surface area contributed by atoms with Crippen LogP contribution in [0.2, 0.25) is 0 Å². The number of nitrogens with two attached hydrogens (primary N) is 1. The first kappa shape index (κ1) is 8.71. The van der Waals surface area contributed by atoms with Crippen molar-refractivity contribution in [3.63, 3.8) is 0 Å². The summed E-state index contributed by atoms with van der Waals surface area (Å²) in [5.74, 6) is 0.0682. The van der Waals surface area contributed by atoms with Gasteiger partial charge in [-0.1, -0.05) is 0 Å². The molecule has 15 heavy (non-hydrogen) atoms. The Kier molecular flexibility index (Phi) is 1.45. The smallest absolute Gasteiger partial charge is 0.180 e. The van der Waals surface area contributed by atoms with Crippen molar-refractivity contribution >= 4 is 11.5 Å². The normalized spacial score (nSPS) is 21.0. The molecule has 2 N–H and O–H groups in total. The second-order valence-corrected chi connectivity index (χ2v) is 4.18. The third-order valence-electron chi connectivity index (χ3n) is 3.05. The fraction of sp³-hybridized carbons (Fsp3) is 0.364. The lowest BCUT2D eigenvalue weighted by molar-refractivity contribution is -0.128. The van der Waals surface area contributed by atoms with Crippen molar-refractivity contribution in [1.82, 2.24) is 0 Å². The molecule has 0 aromatic heterocycles. The van der Waals surface area contributed by atoms with Gasteiger partial charge in [-0.05, 0) is 18.9 Å². The summed E-state index contributed by atoms with van der Waals surface area (Å²) in [6.45, 7) is 0. The molecule has 1 fully saturated rings. The molecule has 0 amide bonds. The van der Waals surface area contributed by atoms with E-state index in [0.717, 1.165) is 12.8 Å². The van der Waals surface area contributed by atoms with Crippen LogP contribution in [0.1, 0.15) is 18.4 Å². The van der Waals surface area contributed by atoms with Gasteiger partial charge in [-0.25, -0.2) is 4.39 Å². The molecule has 1 aliphatic carbocycles. The maximum Gasteiger partial charge on any atom is 0.180 e. The molecule has 0 atom stereocenters. The Morgan fingerprint density at radius 2 is 2.13 bits per heavy atom. The van der Waals surface area contributed by atoms with Crippen LogP contribution in [0.15, 0.2) is 12.1 Å². The second-order valence-electron chi connectivity index (χ2n) is 4.18. The third-order valence-corrected chi connectivity index (χ3v) is 3.05. The third kappa shape index (κ3) is 1.14. The number of benzene rings is 1. The van der Waals surface area contributed by atoms with Crippen molar-refractivity contribution in [2.24, 2.45) is 0 Å². The highest BCUT2D eigenvalue weighted by Crippen LogP contribution is 2.46. The van der Waals surface area contributed by atoms with E-state index in [0.29, 0.717) is 17.7 Å². The minimum absolute atomic E-state index is 0.0666. The van der Waals surface area contributed by atoms with E-state index in [1.807, 2.05) is 0 Å². The molecule has 1 spiro atoms. The van der Waals surface area contributed by atoms with Crippen LogP contribution in [0.5, 0.6) is 5.75 Å². The number of hydrogen-bond acceptors (Lipinski definition) is 3. The summed E-state index contributed by atoms with van der Waals surface area (Å²) in [7, 11) is 0. The van der Waals surface area contributed by atoms with Crippen molar-refractivity contribution in [2.75, 3.05) is 5.73 Å². The van der Waals surface area contributed by atoms with Crippen molar-refractivity contribution in [1.29, 1.82) is 0 Å². The van der Waals surface area contributed by atoms with Gasteiger partial charge in [0.25, 0.3) is 0 Å². The summed E-state index contributed by atoms with van der Waals surface area (Å²) in [4.78, 5) is 11.7. The van der Waals surface area contributed by atoms with E-state index in [1.165, 1.54) is 12.1 Å². The van der Waals surface area contributed by atoms with Crippen molar-refractivity contribution in [3.05, 3.63) is 23.5 Å². The molecular weight excluding hydrogens is 197 g/mol. The lowest BCUT2D eigenvalue weighted by atomic mass is 9.99. The summed E-state index contributed by atoms with van der Waals surface area (Å²) < 4.78 is 18.7. The molecule has 0 unspecified atom stereocenters. The summed E-state index contributed by atoms with van der Waals surface area (Å²) in [6.07, 6.45) is 1.80. The zero-order valence-corrected chi connectivity index (χ0v) is 8.05. The molecule has 1 aliphatic heterocycles. The number of nitrogen functional groups attached to an aromatic ring is 1. The Balaban J connectivity index is 2.09. The second kappa shape index (κ2) is 2.51. The molecule has 1 heterocycles. The Labute approximate surface area is 86.0 Å². The Morgan fingerprint density at radius 3 is 2.80 bits per heavy atom. The van der Waals surface area contributed by atoms with Gasteiger partial charge in [0, 0.05) is 18.1 Å². The van der Waals surface area contributed by atoms with Gasteiger partial charge in [0.1, 0.15) is 11.6 Å². The lowest BCUT2D eigenvalue weighted by Crippen LogP contribution is -2.35. The van der Waals surface area contributed by atoms with Crippen molar-refractivity contribution in [3.8, 4) is 5.75 Å². The SMILES string of the molecule is Nc1cc2c(cc1F)OC1(CC1)C(=O)C2. The monoisotopic (exact) mass is 207 g/mol. The fourth-order valence-corrected chi connectivity index (χ4v) is 1.95. The summed E-state index contributed by atoms with van der Waals surface area (Å²) in [5, 5.41) is 0. The number of ketones is 1. The topological polar surface area (TPSA) is 52.3 Å². The maximum atomic E-state index is 13.2. The van der Waals surface area contributed by atoms with Crippen LogP contribution in [0.3, 0.4) is 0 Å². The van der Waals surface area contributed by atoms with E-state index in [4.69, 9.17) is 10.5 Å². The number of hydrogen-bond donors (Lipinski definition) is 1. The fourth-order valence-electron chi connectivity index (χ4n) is 1.95. The van der Waals surface area contributed by atoms with Gasteiger partial charge in [-0.2, -0.15) is 0 Å². The van der Waals surface area contributed by atoms with Gasteiger partial charge in [-0.15, -0.1) is 0 Å². The van der Waals surface area contributed by atoms with Gasteiger partial charge in [0.2, 0.25) is 0 Å². The average molecular weight is 207 g/mol. The van der Waals surface area contributed by atoms with Crippen LogP contribution in [0.4, 0.5) is 10.1 Å². The lowest BCUT2D eigenvalue weighted by Gasteiger charge is -2.25. The van der Waals surface area contributed by atoms with Crippen molar-refractivity contribution < 1.29 is 13.9 Å². The molecule has 0 radical (unpaired) electrons. The average Bonchev–Trinajstić information content (AvgIpc) is 2.93. The molecular formula is C11H10FNO2. The van der Waals surface area contributed by atoms with Crippen LogP contribution in [-0.2, 0) is 11.2 Å². The Morgan fingerprint density at radius 1 is 1.40 bits per heavy atom. The molecule has 78 valence electrons. The highest BCUT2D eigenvalue weighted by Gasteiger charge is 2.54. The quantitative estimate of drug-likeness (QED) is 0.655. The first-order valence-corrected chi connectivity index (χ1v) is 4.91. The van der Waals surface area contributed by atoms with E-state index in [2.05, 4.69) is 0 Å². The van der Waals surface area contributed by atoms with E-state index < -0.39 is 11.4 Å². The number of rotatable bonds is 0. The number of halogens is 1. The number of fused-ring (bicyclic) bond motifs is 1. The van der Waals surface area contributed by atoms with Gasteiger partial charge >= 0.3 is 0 Å². The van der Waals surface area contributed by atoms with Gasteiger partial charge in [0.15, 0.2) is 11.4 Å². The van der Waals surface area contributed by atoms with E-state index in [-0.39, 0.29) is 11.5 Å². The molecule has 1 aromatic carbocycles. The van der Waals surface area contributed by atoms with E-state index >= 15 is 0 Å². The molecule has 2 aliphatic rings. The molecule has 1 aromatic rings. The molecule has 3 rings (SSSR count). The first-order chi connectivity index (χ1) is 7.11. The Hall–Kier alpha value is -1.58. The molecule has 3 nitrogen and oxygen atoms in total. The summed E-state index contributed by atoms with van der Waals surface area (Å²) >= 11 is 0. The summed E-state index contributed by atoms with van der Waals surface area (Å²) in [5.41, 5.74) is 5.56. The summed E-state index contributed by atoms with van der Waals surface area (Å²) in [6, 6.07) is 2.76. The predicted octanol–water partition coefficient (Wildman–Crippen LogP) is 1.44. The van der Waals surface area contributed by atoms with Gasteiger partial charge < -0.3 is 10.5 Å². The zero-order chi connectivity index (χ0) is 10.6. The zero-order valence-electron chi connectivity index (χ0n) is 8.05. The highest BCUT2D eigenvalue weighted by molar-refractivity contribution is 5.94. The van der Waals surface area contributed by atoms with E-state index in [9.17, 15) is 9.18 Å². The maximum absolute atomic E-state index is 13.2. The minimum atomic E-state index is -0.629. The van der Waals surface area contributed by atoms with Crippen molar-refractivity contribution in [2.45, 2.75) is 24.9 Å². The standard InChI is InChI=1S/C11H10FNO2/c12-7-5-9-6(3-8(7)13)4-10(14)11(15-9)1-2-11/h3,5H,1-2,4,13H2. The molecule has 0 saturated heterocycles.